The Bertz CT molecular complexity index is 631. The summed E-state index contributed by atoms with van der Waals surface area (Å²) < 4.78 is 9.65. The lowest BCUT2D eigenvalue weighted by Gasteiger charge is -2.31. The summed E-state index contributed by atoms with van der Waals surface area (Å²) in [6.07, 6.45) is 0.940. The Morgan fingerprint density at radius 1 is 0.774 bits per heavy atom. The number of rotatable bonds is 10. The minimum atomic E-state index is -0.793. The maximum Gasteiger partial charge on any atom is 0.328 e. The number of carbonyl (C=O) groups excluding carboxylic acids is 4. The fourth-order valence-electron chi connectivity index (χ4n) is 3.22. The van der Waals surface area contributed by atoms with Crippen molar-refractivity contribution in [1.82, 2.24) is 10.6 Å². The summed E-state index contributed by atoms with van der Waals surface area (Å²) in [5.41, 5.74) is -1.04. The number of ether oxygens (including phenoxy) is 2. The van der Waals surface area contributed by atoms with Gasteiger partial charge >= 0.3 is 11.9 Å². The predicted octanol–water partition coefficient (Wildman–Crippen LogP) is 2.84. The van der Waals surface area contributed by atoms with E-state index in [1.165, 1.54) is 14.2 Å². The molecule has 0 fully saturated rings. The number of amides is 2. The normalized spacial score (nSPS) is 14.9. The molecule has 2 amide bonds. The van der Waals surface area contributed by atoms with Crippen molar-refractivity contribution in [3.63, 3.8) is 0 Å². The molecule has 0 bridgehead atoms. The molecule has 3 atom stereocenters. The van der Waals surface area contributed by atoms with Gasteiger partial charge in [0.2, 0.25) is 11.8 Å². The molecular weight excluding hydrogens is 400 g/mol. The summed E-state index contributed by atoms with van der Waals surface area (Å²) in [5.74, 6) is -1.86. The number of carbonyl (C=O) groups is 4. The minimum Gasteiger partial charge on any atom is -0.467 e. The Morgan fingerprint density at radius 2 is 1.19 bits per heavy atom. The maximum atomic E-state index is 13.0. The van der Waals surface area contributed by atoms with E-state index >= 15 is 0 Å². The van der Waals surface area contributed by atoms with E-state index < -0.39 is 40.8 Å². The van der Waals surface area contributed by atoms with Crippen LogP contribution in [0.4, 0.5) is 0 Å². The lowest BCUT2D eigenvalue weighted by atomic mass is 9.85. The Hall–Kier alpha value is -2.12. The Labute approximate surface area is 187 Å². The van der Waals surface area contributed by atoms with Crippen molar-refractivity contribution in [2.75, 3.05) is 14.2 Å². The van der Waals surface area contributed by atoms with Gasteiger partial charge in [0.05, 0.1) is 14.2 Å². The zero-order valence-corrected chi connectivity index (χ0v) is 20.9. The fourth-order valence-corrected chi connectivity index (χ4v) is 3.22. The molecule has 0 unspecified atom stereocenters. The summed E-state index contributed by atoms with van der Waals surface area (Å²) in [4.78, 5) is 49.7. The first-order valence-corrected chi connectivity index (χ1v) is 10.8. The lowest BCUT2D eigenvalue weighted by molar-refractivity contribution is -0.149. The largest absolute Gasteiger partial charge is 0.467 e. The highest BCUT2D eigenvalue weighted by Gasteiger charge is 2.36. The van der Waals surface area contributed by atoms with Crippen LogP contribution < -0.4 is 10.6 Å². The number of hydrogen-bond acceptors (Lipinski definition) is 6. The van der Waals surface area contributed by atoms with Gasteiger partial charge in [-0.1, -0.05) is 55.4 Å². The van der Waals surface area contributed by atoms with Crippen LogP contribution in [0.3, 0.4) is 0 Å². The first-order valence-electron chi connectivity index (χ1n) is 10.8. The Morgan fingerprint density at radius 3 is 1.55 bits per heavy atom. The van der Waals surface area contributed by atoms with Gasteiger partial charge in [0.15, 0.2) is 0 Å². The van der Waals surface area contributed by atoms with Gasteiger partial charge in [0.25, 0.3) is 0 Å². The summed E-state index contributed by atoms with van der Waals surface area (Å²) in [5, 5.41) is 5.54. The van der Waals surface area contributed by atoms with E-state index in [9.17, 15) is 19.2 Å². The molecule has 0 saturated carbocycles. The van der Waals surface area contributed by atoms with E-state index in [2.05, 4.69) is 10.6 Å². The van der Waals surface area contributed by atoms with Gasteiger partial charge in [-0.3, -0.25) is 9.59 Å². The SMILES string of the molecule is COC(=O)[C@@H](NC(=O)CC[C@H](CC(C)C)C(=O)N[C@H](C(=O)OC)C(C)(C)C)C(C)(C)C. The minimum absolute atomic E-state index is 0.0762. The van der Waals surface area contributed by atoms with Crippen molar-refractivity contribution in [2.45, 2.75) is 86.7 Å². The van der Waals surface area contributed by atoms with Gasteiger partial charge in [-0.05, 0) is 29.6 Å². The smallest absolute Gasteiger partial charge is 0.328 e. The molecule has 0 aliphatic heterocycles. The molecular formula is C23H42N2O6. The summed E-state index contributed by atoms with van der Waals surface area (Å²) >= 11 is 0. The van der Waals surface area contributed by atoms with Crippen LogP contribution in [-0.4, -0.2) is 50.1 Å². The lowest BCUT2D eigenvalue weighted by Crippen LogP contribution is -2.51. The number of nitrogens with one attached hydrogen (secondary N) is 2. The quantitative estimate of drug-likeness (QED) is 0.503. The van der Waals surface area contributed by atoms with Crippen LogP contribution in [0, 0.1) is 22.7 Å². The number of hydrogen-bond donors (Lipinski definition) is 2. The zero-order valence-electron chi connectivity index (χ0n) is 20.9. The molecule has 8 heteroatoms. The highest BCUT2D eigenvalue weighted by Crippen LogP contribution is 2.24. The van der Waals surface area contributed by atoms with Gasteiger partial charge in [0.1, 0.15) is 12.1 Å². The van der Waals surface area contributed by atoms with Gasteiger partial charge in [-0.25, -0.2) is 9.59 Å². The molecule has 0 aliphatic carbocycles. The third-order valence-corrected chi connectivity index (χ3v) is 5.04. The molecule has 8 nitrogen and oxygen atoms in total. The van der Waals surface area contributed by atoms with Crippen LogP contribution in [0.25, 0.3) is 0 Å². The Kier molecular flexibility index (Phi) is 11.2. The average Bonchev–Trinajstić information content (AvgIpc) is 2.63. The van der Waals surface area contributed by atoms with E-state index in [0.717, 1.165) is 0 Å². The molecule has 0 rings (SSSR count). The van der Waals surface area contributed by atoms with Crippen molar-refractivity contribution in [2.24, 2.45) is 22.7 Å². The standard InChI is InChI=1S/C23H42N2O6/c1-14(2)13-15(19(27)25-18(21(29)31-10)23(6,7)8)11-12-16(26)24-17(20(28)30-9)22(3,4)5/h14-15,17-18H,11-13H2,1-10H3,(H,24,26)(H,25,27)/t15-,17-,18-/m1/s1. The number of methoxy groups -OCH3 is 2. The average molecular weight is 443 g/mol. The molecule has 0 spiro atoms. The molecule has 0 aromatic heterocycles. The van der Waals surface area contributed by atoms with Gasteiger partial charge in [-0.2, -0.15) is 0 Å². The second-order valence-corrected chi connectivity index (χ2v) is 10.6. The molecule has 180 valence electrons. The molecule has 0 saturated heterocycles. The van der Waals surface area contributed by atoms with Crippen molar-refractivity contribution in [3.8, 4) is 0 Å². The second kappa shape index (κ2) is 12.1. The first kappa shape index (κ1) is 28.9. The molecule has 0 aliphatic rings. The summed E-state index contributed by atoms with van der Waals surface area (Å²) in [7, 11) is 2.57. The van der Waals surface area contributed by atoms with Gasteiger partial charge < -0.3 is 20.1 Å². The summed E-state index contributed by atoms with van der Waals surface area (Å²) in [6, 6.07) is -1.58. The van der Waals surface area contributed by atoms with E-state index in [1.807, 2.05) is 55.4 Å². The third kappa shape index (κ3) is 10.2. The topological polar surface area (TPSA) is 111 Å². The van der Waals surface area contributed by atoms with E-state index in [1.54, 1.807) is 0 Å². The highest BCUT2D eigenvalue weighted by atomic mass is 16.5. The molecule has 31 heavy (non-hydrogen) atoms. The highest BCUT2D eigenvalue weighted by molar-refractivity contribution is 5.87. The van der Waals surface area contributed by atoms with E-state index in [0.29, 0.717) is 12.8 Å². The van der Waals surface area contributed by atoms with Gasteiger partial charge in [-0.15, -0.1) is 0 Å². The first-order chi connectivity index (χ1) is 14.0. The molecule has 0 aromatic rings. The van der Waals surface area contributed by atoms with Crippen LogP contribution in [-0.2, 0) is 28.7 Å². The van der Waals surface area contributed by atoms with E-state index in [-0.39, 0.29) is 24.2 Å². The monoisotopic (exact) mass is 442 g/mol. The molecule has 0 aromatic carbocycles. The van der Waals surface area contributed by atoms with Crippen molar-refractivity contribution < 1.29 is 28.7 Å². The van der Waals surface area contributed by atoms with Crippen molar-refractivity contribution >= 4 is 23.8 Å². The van der Waals surface area contributed by atoms with E-state index in [4.69, 9.17) is 9.47 Å². The molecule has 2 N–H and O–H groups in total. The van der Waals surface area contributed by atoms with Crippen molar-refractivity contribution in [3.05, 3.63) is 0 Å². The molecule has 0 radical (unpaired) electrons. The van der Waals surface area contributed by atoms with Crippen LogP contribution in [0.15, 0.2) is 0 Å². The second-order valence-electron chi connectivity index (χ2n) is 10.6. The summed E-state index contributed by atoms with van der Waals surface area (Å²) in [6.45, 7) is 15.0. The fraction of sp³-hybridized carbons (Fsp3) is 0.826. The number of esters is 2. The Balaban J connectivity index is 5.29. The zero-order chi connectivity index (χ0) is 24.6. The van der Waals surface area contributed by atoms with Crippen LogP contribution in [0.2, 0.25) is 0 Å². The van der Waals surface area contributed by atoms with Crippen LogP contribution in [0.1, 0.15) is 74.7 Å². The van der Waals surface area contributed by atoms with Crippen molar-refractivity contribution in [1.29, 1.82) is 0 Å². The molecule has 0 heterocycles. The van der Waals surface area contributed by atoms with Gasteiger partial charge in [0, 0.05) is 12.3 Å². The van der Waals surface area contributed by atoms with Crippen LogP contribution in [0.5, 0.6) is 0 Å². The third-order valence-electron chi connectivity index (χ3n) is 5.04. The maximum absolute atomic E-state index is 13.0. The predicted molar refractivity (Wildman–Crippen MR) is 119 cm³/mol. The van der Waals surface area contributed by atoms with Crippen LogP contribution >= 0.6 is 0 Å².